The normalized spacial score (nSPS) is 11.9. The van der Waals surface area contributed by atoms with Crippen molar-refractivity contribution in [2.45, 2.75) is 19.9 Å². The summed E-state index contributed by atoms with van der Waals surface area (Å²) in [6, 6.07) is 15.2. The van der Waals surface area contributed by atoms with Crippen LogP contribution >= 0.6 is 0 Å². The average molecular weight is 385 g/mol. The molecular weight excluding hydrogens is 366 g/mol. The third-order valence-corrected chi connectivity index (χ3v) is 4.68. The predicted molar refractivity (Wildman–Crippen MR) is 112 cm³/mol. The third kappa shape index (κ3) is 3.75. The van der Waals surface area contributed by atoms with Crippen LogP contribution in [0.4, 0.5) is 5.69 Å². The second-order valence-corrected chi connectivity index (χ2v) is 6.73. The van der Waals surface area contributed by atoms with Gasteiger partial charge in [0.15, 0.2) is 0 Å². The second-order valence-electron chi connectivity index (χ2n) is 6.73. The van der Waals surface area contributed by atoms with Crippen LogP contribution in [0.25, 0.3) is 22.2 Å². The fourth-order valence-corrected chi connectivity index (χ4v) is 3.09. The Labute approximate surface area is 167 Å². The number of aryl methyl sites for hydroxylation is 1. The molecular formula is C22H19N5O2. The topological polar surface area (TPSA) is 89.8 Å². The van der Waals surface area contributed by atoms with Gasteiger partial charge in [-0.05, 0) is 56.3 Å². The highest BCUT2D eigenvalue weighted by Gasteiger charge is 2.19. The first-order chi connectivity index (χ1) is 14.0. The Hall–Kier alpha value is -3.87. The highest BCUT2D eigenvalue weighted by Crippen LogP contribution is 2.23. The van der Waals surface area contributed by atoms with E-state index in [1.807, 2.05) is 37.3 Å². The summed E-state index contributed by atoms with van der Waals surface area (Å²) in [6.45, 7) is 3.56. The van der Waals surface area contributed by atoms with Gasteiger partial charge in [0.25, 0.3) is 5.56 Å². The van der Waals surface area contributed by atoms with Crippen LogP contribution in [0.5, 0.6) is 0 Å². The highest BCUT2D eigenvalue weighted by molar-refractivity contribution is 6.02. The van der Waals surface area contributed by atoms with Crippen LogP contribution in [0.1, 0.15) is 18.7 Å². The molecule has 0 saturated heterocycles. The van der Waals surface area contributed by atoms with Crippen LogP contribution in [0.3, 0.4) is 0 Å². The summed E-state index contributed by atoms with van der Waals surface area (Å²) in [5.74, 6) is -0.334. The van der Waals surface area contributed by atoms with Crippen molar-refractivity contribution < 1.29 is 4.79 Å². The number of nitrogens with zero attached hydrogens (tertiary/aromatic N) is 4. The number of pyridine rings is 2. The van der Waals surface area contributed by atoms with Crippen LogP contribution in [0, 0.1) is 6.92 Å². The molecule has 29 heavy (non-hydrogen) atoms. The molecule has 0 bridgehead atoms. The molecule has 0 aliphatic rings. The molecule has 1 atom stereocenters. The smallest absolute Gasteiger partial charge is 0.267 e. The van der Waals surface area contributed by atoms with Gasteiger partial charge in [-0.3, -0.25) is 19.6 Å². The van der Waals surface area contributed by atoms with Crippen molar-refractivity contribution in [3.63, 3.8) is 0 Å². The third-order valence-electron chi connectivity index (χ3n) is 4.68. The first kappa shape index (κ1) is 18.5. The molecule has 1 N–H and O–H groups in total. The molecule has 144 valence electrons. The Morgan fingerprint density at radius 2 is 1.83 bits per heavy atom. The maximum Gasteiger partial charge on any atom is 0.267 e. The van der Waals surface area contributed by atoms with Crippen LogP contribution in [-0.4, -0.2) is 25.7 Å². The van der Waals surface area contributed by atoms with E-state index >= 15 is 0 Å². The zero-order valence-electron chi connectivity index (χ0n) is 16.0. The molecule has 0 fully saturated rings. The number of rotatable bonds is 4. The maximum absolute atomic E-state index is 12.9. The van der Waals surface area contributed by atoms with E-state index in [1.165, 1.54) is 10.7 Å². The molecule has 0 aliphatic carbocycles. The number of hydrogen-bond donors (Lipinski definition) is 1. The van der Waals surface area contributed by atoms with Gasteiger partial charge in [-0.25, -0.2) is 4.68 Å². The van der Waals surface area contributed by atoms with Crippen molar-refractivity contribution in [2.24, 2.45) is 0 Å². The largest absolute Gasteiger partial charge is 0.324 e. The summed E-state index contributed by atoms with van der Waals surface area (Å²) >= 11 is 0. The molecule has 1 amide bonds. The number of anilines is 1. The molecule has 4 aromatic rings. The Kier molecular flexibility index (Phi) is 4.87. The fraction of sp³-hybridized carbons (Fsp3) is 0.136. The molecule has 0 radical (unpaired) electrons. The Morgan fingerprint density at radius 1 is 1.03 bits per heavy atom. The summed E-state index contributed by atoms with van der Waals surface area (Å²) < 4.78 is 1.19. The number of fused-ring (bicyclic) bond motifs is 1. The van der Waals surface area contributed by atoms with Gasteiger partial charge in [-0.2, -0.15) is 5.10 Å². The number of carbonyl (C=O) groups is 1. The minimum absolute atomic E-state index is 0.334. The first-order valence-electron chi connectivity index (χ1n) is 9.20. The van der Waals surface area contributed by atoms with E-state index in [9.17, 15) is 9.59 Å². The highest BCUT2D eigenvalue weighted by atomic mass is 16.2. The summed E-state index contributed by atoms with van der Waals surface area (Å²) in [6.07, 6.45) is 3.30. The van der Waals surface area contributed by atoms with E-state index in [-0.39, 0.29) is 11.5 Å². The lowest BCUT2D eigenvalue weighted by atomic mass is 10.1. The zero-order chi connectivity index (χ0) is 20.4. The number of nitrogens with one attached hydrogen (secondary N) is 1. The standard InChI is InChI=1S/C22H19N5O2/c1-14-6-7-17-19(24-14)4-3-5-20(17)25-22(29)15(2)27-21(28)9-8-18(26-27)16-10-12-23-13-11-16/h3-13,15H,1-2H3,(H,25,29). The van der Waals surface area contributed by atoms with E-state index in [0.717, 1.165) is 22.2 Å². The quantitative estimate of drug-likeness (QED) is 0.582. The van der Waals surface area contributed by atoms with Crippen molar-refractivity contribution in [1.82, 2.24) is 19.7 Å². The molecule has 4 rings (SSSR count). The van der Waals surface area contributed by atoms with Gasteiger partial charge in [0, 0.05) is 35.1 Å². The zero-order valence-corrected chi connectivity index (χ0v) is 16.0. The molecule has 7 heteroatoms. The van der Waals surface area contributed by atoms with E-state index in [2.05, 4.69) is 20.4 Å². The van der Waals surface area contributed by atoms with E-state index in [4.69, 9.17) is 0 Å². The lowest BCUT2D eigenvalue weighted by Gasteiger charge is -2.16. The monoisotopic (exact) mass is 385 g/mol. The molecule has 0 saturated carbocycles. The average Bonchev–Trinajstić information content (AvgIpc) is 2.74. The minimum Gasteiger partial charge on any atom is -0.324 e. The lowest BCUT2D eigenvalue weighted by Crippen LogP contribution is -2.33. The van der Waals surface area contributed by atoms with E-state index in [0.29, 0.717) is 11.4 Å². The van der Waals surface area contributed by atoms with Gasteiger partial charge < -0.3 is 5.32 Å². The van der Waals surface area contributed by atoms with Crippen molar-refractivity contribution in [3.05, 3.63) is 83.0 Å². The summed E-state index contributed by atoms with van der Waals surface area (Å²) in [7, 11) is 0. The number of benzene rings is 1. The van der Waals surface area contributed by atoms with Crippen molar-refractivity contribution in [3.8, 4) is 11.3 Å². The minimum atomic E-state index is -0.794. The van der Waals surface area contributed by atoms with Crippen LogP contribution in [-0.2, 0) is 4.79 Å². The number of amides is 1. The molecule has 3 aromatic heterocycles. The number of aromatic nitrogens is 4. The number of hydrogen-bond acceptors (Lipinski definition) is 5. The molecule has 1 aromatic carbocycles. The van der Waals surface area contributed by atoms with Crippen molar-refractivity contribution in [2.75, 3.05) is 5.32 Å². The molecule has 1 unspecified atom stereocenters. The van der Waals surface area contributed by atoms with Crippen molar-refractivity contribution in [1.29, 1.82) is 0 Å². The van der Waals surface area contributed by atoms with Gasteiger partial charge >= 0.3 is 0 Å². The summed E-state index contributed by atoms with van der Waals surface area (Å²) in [5, 5.41) is 8.12. The van der Waals surface area contributed by atoms with Crippen LogP contribution in [0.2, 0.25) is 0 Å². The summed E-state index contributed by atoms with van der Waals surface area (Å²) in [5.41, 5.74) is 3.41. The predicted octanol–water partition coefficient (Wildman–Crippen LogP) is 3.36. The van der Waals surface area contributed by atoms with E-state index < -0.39 is 6.04 Å². The first-order valence-corrected chi connectivity index (χ1v) is 9.20. The Bertz CT molecular complexity index is 1250. The molecule has 7 nitrogen and oxygen atoms in total. The SMILES string of the molecule is Cc1ccc2c(NC(=O)C(C)n3nc(-c4ccncc4)ccc3=O)cccc2n1. The Balaban J connectivity index is 1.64. The second kappa shape index (κ2) is 7.63. The van der Waals surface area contributed by atoms with Gasteiger partial charge in [0.2, 0.25) is 5.91 Å². The van der Waals surface area contributed by atoms with Gasteiger partial charge in [0.05, 0.1) is 16.9 Å². The molecule has 0 spiro atoms. The van der Waals surface area contributed by atoms with Crippen LogP contribution in [0.15, 0.2) is 71.8 Å². The van der Waals surface area contributed by atoms with Gasteiger partial charge in [-0.15, -0.1) is 0 Å². The van der Waals surface area contributed by atoms with Crippen molar-refractivity contribution >= 4 is 22.5 Å². The number of carbonyl (C=O) groups excluding carboxylic acids is 1. The van der Waals surface area contributed by atoms with E-state index in [1.54, 1.807) is 37.5 Å². The fourth-order valence-electron chi connectivity index (χ4n) is 3.09. The molecule has 0 aliphatic heterocycles. The lowest BCUT2D eigenvalue weighted by molar-refractivity contribution is -0.119. The summed E-state index contributed by atoms with van der Waals surface area (Å²) in [4.78, 5) is 33.7. The van der Waals surface area contributed by atoms with Crippen LogP contribution < -0.4 is 10.9 Å². The molecule has 3 heterocycles. The Morgan fingerprint density at radius 3 is 2.62 bits per heavy atom. The maximum atomic E-state index is 12.9. The van der Waals surface area contributed by atoms with Gasteiger partial charge in [0.1, 0.15) is 6.04 Å². The van der Waals surface area contributed by atoms with Gasteiger partial charge in [-0.1, -0.05) is 6.07 Å².